The monoisotopic (exact) mass is 576 g/mol. The van der Waals surface area contributed by atoms with Crippen LogP contribution in [-0.2, 0) is 29.0 Å². The first-order valence-corrected chi connectivity index (χ1v) is 13.3. The van der Waals surface area contributed by atoms with Gasteiger partial charge in [-0.25, -0.2) is 0 Å². The Morgan fingerprint density at radius 2 is 1.74 bits per heavy atom. The molecule has 1 aliphatic rings. The second kappa shape index (κ2) is 12.0. The second-order valence-corrected chi connectivity index (χ2v) is 10.1. The highest BCUT2D eigenvalue weighted by Crippen LogP contribution is 2.35. The van der Waals surface area contributed by atoms with E-state index in [1.165, 1.54) is 20.3 Å². The van der Waals surface area contributed by atoms with Crippen molar-refractivity contribution in [1.29, 1.82) is 0 Å². The van der Waals surface area contributed by atoms with Gasteiger partial charge in [-0.2, -0.15) is 0 Å². The molecule has 0 fully saturated rings. The highest BCUT2D eigenvalue weighted by Gasteiger charge is 2.30. The van der Waals surface area contributed by atoms with Crippen LogP contribution in [0.1, 0.15) is 40.5 Å². The van der Waals surface area contributed by atoms with Crippen LogP contribution < -0.4 is 25.2 Å². The van der Waals surface area contributed by atoms with Crippen LogP contribution in [0.15, 0.2) is 56.5 Å². The van der Waals surface area contributed by atoms with E-state index in [9.17, 15) is 19.5 Å². The Bertz CT molecular complexity index is 1760. The normalized spacial score (nSPS) is 13.8. The number of carbonyl (C=O) groups excluding carboxylic acids is 1. The summed E-state index contributed by atoms with van der Waals surface area (Å²) in [5.41, 5.74) is 1.69. The molecule has 1 aliphatic heterocycles. The van der Waals surface area contributed by atoms with Crippen LogP contribution in [0, 0.1) is 0 Å². The Balaban J connectivity index is 1.51. The molecule has 220 valence electrons. The number of methoxy groups -OCH3 is 4. The average molecular weight is 577 g/mol. The van der Waals surface area contributed by atoms with E-state index in [-0.39, 0.29) is 30.0 Å². The van der Waals surface area contributed by atoms with E-state index in [0.29, 0.717) is 41.2 Å². The molecule has 0 saturated heterocycles. The van der Waals surface area contributed by atoms with Crippen LogP contribution >= 0.6 is 0 Å². The lowest BCUT2D eigenvalue weighted by Crippen LogP contribution is -2.30. The third kappa shape index (κ3) is 5.68. The molecular formula is C31H32N2O9. The first-order valence-electron chi connectivity index (χ1n) is 13.3. The van der Waals surface area contributed by atoms with Crippen molar-refractivity contribution < 1.29 is 33.3 Å². The van der Waals surface area contributed by atoms with E-state index >= 15 is 0 Å². The number of H-pyrrole nitrogens is 1. The second-order valence-electron chi connectivity index (χ2n) is 10.1. The van der Waals surface area contributed by atoms with Gasteiger partial charge in [0, 0.05) is 30.8 Å². The summed E-state index contributed by atoms with van der Waals surface area (Å²) >= 11 is 0. The van der Waals surface area contributed by atoms with Gasteiger partial charge in [-0.05, 0) is 53.3 Å². The molecule has 0 spiro atoms. The summed E-state index contributed by atoms with van der Waals surface area (Å²) in [5, 5.41) is 11.5. The minimum atomic E-state index is -1.08. The molecule has 2 aromatic carbocycles. The predicted octanol–water partition coefficient (Wildman–Crippen LogP) is 3.47. The lowest BCUT2D eigenvalue weighted by atomic mass is 9.92. The summed E-state index contributed by atoms with van der Waals surface area (Å²) in [5.74, 6) is -0.426. The molecule has 0 aliphatic carbocycles. The van der Waals surface area contributed by atoms with Gasteiger partial charge in [-0.15, -0.1) is 0 Å². The molecule has 0 radical (unpaired) electrons. The van der Waals surface area contributed by atoms with E-state index < -0.39 is 28.6 Å². The molecule has 0 saturated carbocycles. The molecule has 0 amide bonds. The number of aromatic nitrogens is 1. The van der Waals surface area contributed by atoms with Crippen LogP contribution in [-0.4, -0.2) is 55.9 Å². The lowest BCUT2D eigenvalue weighted by Gasteiger charge is -2.29. The fraction of sp³-hybridized carbons (Fsp3) is 0.323. The van der Waals surface area contributed by atoms with Crippen LogP contribution in [0.5, 0.6) is 23.0 Å². The SMILES string of the molecule is COC(=O)C[C@H](c1oc(CN2CCc3cc(OC)c(OC)cc3C2)cc(=O)c1O)c1cc2ccc(OC)cc2[nH]c1=O. The molecule has 1 atom stereocenters. The molecule has 11 heteroatoms. The Labute approximate surface area is 241 Å². The average Bonchev–Trinajstić information content (AvgIpc) is 3.00. The number of aromatic amines is 1. The number of aromatic hydroxyl groups is 1. The first kappa shape index (κ1) is 28.7. The van der Waals surface area contributed by atoms with Crippen LogP contribution in [0.2, 0.25) is 0 Å². The summed E-state index contributed by atoms with van der Waals surface area (Å²) in [6.45, 7) is 1.51. The third-order valence-corrected chi connectivity index (χ3v) is 7.55. The minimum absolute atomic E-state index is 0.140. The van der Waals surface area contributed by atoms with E-state index in [4.69, 9.17) is 23.4 Å². The van der Waals surface area contributed by atoms with Crippen molar-refractivity contribution in [2.45, 2.75) is 31.8 Å². The molecule has 11 nitrogen and oxygen atoms in total. The number of hydrogen-bond acceptors (Lipinski definition) is 10. The summed E-state index contributed by atoms with van der Waals surface area (Å²) < 4.78 is 27.1. The van der Waals surface area contributed by atoms with Crippen molar-refractivity contribution in [2.24, 2.45) is 0 Å². The van der Waals surface area contributed by atoms with E-state index in [2.05, 4.69) is 9.88 Å². The quantitative estimate of drug-likeness (QED) is 0.285. The molecule has 2 aromatic heterocycles. The fourth-order valence-electron chi connectivity index (χ4n) is 5.34. The lowest BCUT2D eigenvalue weighted by molar-refractivity contribution is -0.140. The number of nitrogens with one attached hydrogen (secondary N) is 1. The standard InChI is InChI=1S/C31H32N2O9/c1-38-20-6-5-18-9-23(31(37)32-24(18)12-20)22(14-28(35)41-4)30-29(36)25(34)13-21(42-30)16-33-8-7-17-10-26(39-2)27(40-3)11-19(17)15-33/h5-6,9-13,22,36H,7-8,14-16H2,1-4H3,(H,32,37)/t22-/m0/s1. The van der Waals surface area contributed by atoms with Crippen molar-refractivity contribution in [3.63, 3.8) is 0 Å². The fourth-order valence-corrected chi connectivity index (χ4v) is 5.34. The van der Waals surface area contributed by atoms with E-state index in [0.717, 1.165) is 17.5 Å². The maximum atomic E-state index is 13.3. The van der Waals surface area contributed by atoms with Crippen molar-refractivity contribution >= 4 is 16.9 Å². The van der Waals surface area contributed by atoms with Crippen LogP contribution in [0.3, 0.4) is 0 Å². The molecule has 42 heavy (non-hydrogen) atoms. The zero-order valence-corrected chi connectivity index (χ0v) is 23.8. The van der Waals surface area contributed by atoms with Gasteiger partial charge < -0.3 is 33.5 Å². The highest BCUT2D eigenvalue weighted by atomic mass is 16.5. The van der Waals surface area contributed by atoms with Crippen molar-refractivity contribution in [2.75, 3.05) is 35.0 Å². The number of benzene rings is 2. The number of carbonyl (C=O) groups is 1. The molecule has 5 rings (SSSR count). The van der Waals surface area contributed by atoms with Gasteiger partial charge in [0.15, 0.2) is 17.3 Å². The Kier molecular flexibility index (Phi) is 8.21. The van der Waals surface area contributed by atoms with Crippen molar-refractivity contribution in [3.8, 4) is 23.0 Å². The minimum Gasteiger partial charge on any atom is -0.502 e. The summed E-state index contributed by atoms with van der Waals surface area (Å²) in [7, 11) is 5.93. The molecule has 3 heterocycles. The van der Waals surface area contributed by atoms with Gasteiger partial charge in [0.05, 0.1) is 52.8 Å². The highest BCUT2D eigenvalue weighted by molar-refractivity contribution is 5.81. The molecule has 4 aromatic rings. The smallest absolute Gasteiger partial charge is 0.306 e. The molecule has 2 N–H and O–H groups in total. The largest absolute Gasteiger partial charge is 0.502 e. The number of ether oxygens (including phenoxy) is 4. The number of rotatable bonds is 9. The van der Waals surface area contributed by atoms with Crippen LogP contribution in [0.4, 0.5) is 0 Å². The van der Waals surface area contributed by atoms with Crippen molar-refractivity contribution in [3.05, 3.63) is 91.3 Å². The van der Waals surface area contributed by atoms with E-state index in [1.807, 2.05) is 12.1 Å². The summed E-state index contributed by atoms with van der Waals surface area (Å²) in [6, 6.07) is 11.9. The summed E-state index contributed by atoms with van der Waals surface area (Å²) in [6.07, 6.45) is 0.410. The van der Waals surface area contributed by atoms with Crippen LogP contribution in [0.25, 0.3) is 10.9 Å². The third-order valence-electron chi connectivity index (χ3n) is 7.55. The van der Waals surface area contributed by atoms with Crippen molar-refractivity contribution in [1.82, 2.24) is 9.88 Å². The number of pyridine rings is 1. The maximum absolute atomic E-state index is 13.3. The van der Waals surface area contributed by atoms with E-state index in [1.54, 1.807) is 38.5 Å². The topological polar surface area (TPSA) is 141 Å². The maximum Gasteiger partial charge on any atom is 0.306 e. The zero-order valence-electron chi connectivity index (χ0n) is 23.8. The van der Waals surface area contributed by atoms with Gasteiger partial charge in [0.2, 0.25) is 11.2 Å². The molecule has 0 bridgehead atoms. The Hall–Kier alpha value is -4.77. The Morgan fingerprint density at radius 3 is 2.43 bits per heavy atom. The number of nitrogens with zero attached hydrogens (tertiary/aromatic N) is 1. The van der Waals surface area contributed by atoms with Gasteiger partial charge in [0.25, 0.3) is 5.56 Å². The summed E-state index contributed by atoms with van der Waals surface area (Å²) in [4.78, 5) is 43.5. The number of fused-ring (bicyclic) bond motifs is 2. The molecule has 0 unspecified atom stereocenters. The Morgan fingerprint density at radius 1 is 1.00 bits per heavy atom. The predicted molar refractivity (Wildman–Crippen MR) is 154 cm³/mol. The number of esters is 1. The van der Waals surface area contributed by atoms with Gasteiger partial charge >= 0.3 is 5.97 Å². The van der Waals surface area contributed by atoms with Gasteiger partial charge in [0.1, 0.15) is 11.5 Å². The number of hydrogen-bond donors (Lipinski definition) is 2. The first-order chi connectivity index (χ1) is 20.2. The van der Waals surface area contributed by atoms with Gasteiger partial charge in [-0.1, -0.05) is 0 Å². The van der Waals surface area contributed by atoms with Gasteiger partial charge in [-0.3, -0.25) is 19.3 Å². The zero-order chi connectivity index (χ0) is 30.0. The molecular weight excluding hydrogens is 544 g/mol.